The molecule has 260 valence electrons. The molecule has 0 aliphatic rings. The van der Waals surface area contributed by atoms with E-state index in [0.29, 0.717) is 0 Å². The lowest BCUT2D eigenvalue weighted by Crippen LogP contribution is -2.09. The van der Waals surface area contributed by atoms with Gasteiger partial charge in [-0.2, -0.15) is 0 Å². The molecule has 0 amide bonds. The van der Waals surface area contributed by atoms with E-state index in [1.807, 2.05) is 0 Å². The highest BCUT2D eigenvalue weighted by Crippen LogP contribution is 2.40. The molecule has 0 saturated heterocycles. The van der Waals surface area contributed by atoms with Crippen molar-refractivity contribution < 1.29 is 0 Å². The summed E-state index contributed by atoms with van der Waals surface area (Å²) in [4.78, 5) is 2.33. The van der Waals surface area contributed by atoms with Crippen molar-refractivity contribution in [2.45, 2.75) is 27.7 Å². The molecule has 0 N–H and O–H groups in total. The lowest BCUT2D eigenvalue weighted by molar-refractivity contribution is 1.14. The molecule has 8 aromatic carbocycles. The standard InChI is InChI=1S/C52H42N2/c1-35-34-51(54-49-21-13-11-19-46(49)47-20-12-14-22-50(47)54)36(2)33-48(35)52-37(3)31-42(32-38(52)4)41-25-29-45(30-26-41)53(43-17-9-6-10-18-43)44-27-23-40(24-28-44)39-15-7-5-8-16-39/h5-34H,1-4H3. The van der Waals surface area contributed by atoms with Crippen LogP contribution in [0, 0.1) is 27.7 Å². The van der Waals surface area contributed by atoms with Crippen molar-refractivity contribution in [1.29, 1.82) is 0 Å². The largest absolute Gasteiger partial charge is 0.311 e. The Morgan fingerprint density at radius 1 is 0.352 bits per heavy atom. The summed E-state index contributed by atoms with van der Waals surface area (Å²) in [7, 11) is 0. The highest BCUT2D eigenvalue weighted by molar-refractivity contribution is 6.09. The van der Waals surface area contributed by atoms with Crippen molar-refractivity contribution in [1.82, 2.24) is 4.57 Å². The molecule has 0 radical (unpaired) electrons. The first-order valence-corrected chi connectivity index (χ1v) is 18.8. The average Bonchev–Trinajstić information content (AvgIpc) is 3.54. The molecule has 2 nitrogen and oxygen atoms in total. The molecule has 0 atom stereocenters. The summed E-state index contributed by atoms with van der Waals surface area (Å²) in [6.07, 6.45) is 0. The number of hydrogen-bond donors (Lipinski definition) is 0. The molecule has 0 aliphatic heterocycles. The first kappa shape index (κ1) is 33.2. The third kappa shape index (κ3) is 5.87. The van der Waals surface area contributed by atoms with Crippen LogP contribution < -0.4 is 4.90 Å². The molecule has 0 aliphatic carbocycles. The van der Waals surface area contributed by atoms with E-state index in [2.05, 4.69) is 219 Å². The maximum atomic E-state index is 2.43. The van der Waals surface area contributed by atoms with Crippen LogP contribution in [-0.2, 0) is 0 Å². The van der Waals surface area contributed by atoms with Crippen molar-refractivity contribution >= 4 is 38.9 Å². The first-order chi connectivity index (χ1) is 26.4. The van der Waals surface area contributed by atoms with Gasteiger partial charge in [-0.3, -0.25) is 0 Å². The van der Waals surface area contributed by atoms with Gasteiger partial charge in [-0.15, -0.1) is 0 Å². The second-order valence-corrected chi connectivity index (χ2v) is 14.4. The van der Waals surface area contributed by atoms with Gasteiger partial charge < -0.3 is 9.47 Å². The Bertz CT molecular complexity index is 2700. The van der Waals surface area contributed by atoms with Gasteiger partial charge in [-0.05, 0) is 144 Å². The molecular weight excluding hydrogens is 653 g/mol. The molecule has 0 fully saturated rings. The van der Waals surface area contributed by atoms with Crippen LogP contribution in [0.2, 0.25) is 0 Å². The number of rotatable bonds is 7. The summed E-state index contributed by atoms with van der Waals surface area (Å²) in [5.74, 6) is 0. The van der Waals surface area contributed by atoms with Crippen LogP contribution in [0.15, 0.2) is 182 Å². The normalized spacial score (nSPS) is 11.3. The summed E-state index contributed by atoms with van der Waals surface area (Å²) in [5, 5.41) is 2.57. The zero-order valence-electron chi connectivity index (χ0n) is 31.2. The minimum Gasteiger partial charge on any atom is -0.311 e. The van der Waals surface area contributed by atoms with E-state index in [9.17, 15) is 0 Å². The van der Waals surface area contributed by atoms with E-state index in [0.717, 1.165) is 17.1 Å². The number of aryl methyl sites for hydroxylation is 4. The van der Waals surface area contributed by atoms with E-state index < -0.39 is 0 Å². The van der Waals surface area contributed by atoms with Gasteiger partial charge in [-0.1, -0.05) is 121 Å². The van der Waals surface area contributed by atoms with E-state index in [1.165, 1.54) is 83.1 Å². The quantitative estimate of drug-likeness (QED) is 0.161. The first-order valence-electron chi connectivity index (χ1n) is 18.8. The minimum atomic E-state index is 1.12. The van der Waals surface area contributed by atoms with E-state index in [-0.39, 0.29) is 0 Å². The van der Waals surface area contributed by atoms with Crippen molar-refractivity contribution in [3.8, 4) is 39.1 Å². The van der Waals surface area contributed by atoms with Crippen LogP contribution in [0.1, 0.15) is 22.3 Å². The van der Waals surface area contributed by atoms with Crippen molar-refractivity contribution in [3.63, 3.8) is 0 Å². The summed E-state index contributed by atoms with van der Waals surface area (Å²) >= 11 is 0. The molecule has 9 aromatic rings. The van der Waals surface area contributed by atoms with E-state index in [4.69, 9.17) is 0 Å². The number of para-hydroxylation sites is 3. The molecule has 0 unspecified atom stereocenters. The summed E-state index contributed by atoms with van der Waals surface area (Å²) < 4.78 is 2.43. The third-order valence-electron chi connectivity index (χ3n) is 10.9. The molecule has 54 heavy (non-hydrogen) atoms. The molecule has 1 heterocycles. The van der Waals surface area contributed by atoms with E-state index in [1.54, 1.807) is 0 Å². The van der Waals surface area contributed by atoms with Crippen molar-refractivity contribution in [2.24, 2.45) is 0 Å². The molecule has 9 rings (SSSR count). The fourth-order valence-corrected chi connectivity index (χ4v) is 8.31. The predicted octanol–water partition coefficient (Wildman–Crippen LogP) is 14.5. The number of fused-ring (bicyclic) bond motifs is 3. The molecule has 0 bridgehead atoms. The summed E-state index contributed by atoms with van der Waals surface area (Å²) in [6, 6.07) is 66.0. The van der Waals surface area contributed by atoms with Gasteiger partial charge in [0.15, 0.2) is 0 Å². The molecular formula is C52H42N2. The van der Waals surface area contributed by atoms with Crippen molar-refractivity contribution in [3.05, 3.63) is 204 Å². The summed E-state index contributed by atoms with van der Waals surface area (Å²) in [5.41, 5.74) is 19.7. The van der Waals surface area contributed by atoms with Gasteiger partial charge in [0.25, 0.3) is 0 Å². The fraction of sp³-hybridized carbons (Fsp3) is 0.0769. The van der Waals surface area contributed by atoms with Crippen LogP contribution in [0.5, 0.6) is 0 Å². The fourth-order valence-electron chi connectivity index (χ4n) is 8.31. The summed E-state index contributed by atoms with van der Waals surface area (Å²) in [6.45, 7) is 9.02. The number of hydrogen-bond acceptors (Lipinski definition) is 1. The van der Waals surface area contributed by atoms with Gasteiger partial charge in [0.1, 0.15) is 0 Å². The lowest BCUT2D eigenvalue weighted by Gasteiger charge is -2.26. The van der Waals surface area contributed by atoms with Crippen LogP contribution in [-0.4, -0.2) is 4.57 Å². The Morgan fingerprint density at radius 2 is 0.796 bits per heavy atom. The van der Waals surface area contributed by atoms with Gasteiger partial charge in [0, 0.05) is 33.5 Å². The van der Waals surface area contributed by atoms with Gasteiger partial charge in [-0.25, -0.2) is 0 Å². The van der Waals surface area contributed by atoms with Crippen LogP contribution in [0.3, 0.4) is 0 Å². The van der Waals surface area contributed by atoms with Gasteiger partial charge in [0.2, 0.25) is 0 Å². The Hall–Kier alpha value is -6.64. The van der Waals surface area contributed by atoms with Crippen LogP contribution >= 0.6 is 0 Å². The number of anilines is 3. The zero-order chi connectivity index (χ0) is 36.8. The minimum absolute atomic E-state index is 1.12. The van der Waals surface area contributed by atoms with E-state index >= 15 is 0 Å². The maximum absolute atomic E-state index is 2.43. The molecule has 0 saturated carbocycles. The SMILES string of the molecule is Cc1cc(-n2c3ccccc3c3ccccc32)c(C)cc1-c1c(C)cc(-c2ccc(N(c3ccccc3)c3ccc(-c4ccccc4)cc3)cc2)cc1C. The number of nitrogens with zero attached hydrogens (tertiary/aromatic N) is 2. The number of benzene rings is 8. The highest BCUT2D eigenvalue weighted by atomic mass is 15.1. The van der Waals surface area contributed by atoms with Gasteiger partial charge in [0.05, 0.1) is 11.0 Å². The Kier molecular flexibility index (Phi) is 8.44. The predicted molar refractivity (Wildman–Crippen MR) is 231 cm³/mol. The average molecular weight is 695 g/mol. The molecule has 0 spiro atoms. The van der Waals surface area contributed by atoms with Crippen LogP contribution in [0.4, 0.5) is 17.1 Å². The Morgan fingerprint density at radius 3 is 1.35 bits per heavy atom. The maximum Gasteiger partial charge on any atom is 0.0541 e. The molecule has 2 heteroatoms. The lowest BCUT2D eigenvalue weighted by atomic mass is 9.88. The topological polar surface area (TPSA) is 8.17 Å². The molecule has 1 aromatic heterocycles. The van der Waals surface area contributed by atoms with Gasteiger partial charge >= 0.3 is 0 Å². The Labute approximate surface area is 318 Å². The zero-order valence-corrected chi connectivity index (χ0v) is 31.2. The van der Waals surface area contributed by atoms with Crippen LogP contribution in [0.25, 0.3) is 60.9 Å². The third-order valence-corrected chi connectivity index (χ3v) is 10.9. The van der Waals surface area contributed by atoms with Crippen molar-refractivity contribution in [2.75, 3.05) is 4.90 Å². The Balaban J connectivity index is 1.05. The number of aromatic nitrogens is 1. The smallest absolute Gasteiger partial charge is 0.0541 e. The highest BCUT2D eigenvalue weighted by Gasteiger charge is 2.18. The monoisotopic (exact) mass is 694 g/mol. The second-order valence-electron chi connectivity index (χ2n) is 14.4. The second kappa shape index (κ2) is 13.7.